The number of imidazole rings is 1. The number of hydrogen-bond donors (Lipinski definition) is 0. The summed E-state index contributed by atoms with van der Waals surface area (Å²) in [6, 6.07) is 4.72. The second-order valence-corrected chi connectivity index (χ2v) is 8.19. The van der Waals surface area contributed by atoms with Crippen molar-refractivity contribution in [1.29, 1.82) is 0 Å². The monoisotopic (exact) mass is 490 g/mol. The van der Waals surface area contributed by atoms with Gasteiger partial charge in [0.1, 0.15) is 17.2 Å². The van der Waals surface area contributed by atoms with Crippen LogP contribution in [0.15, 0.2) is 48.9 Å². The predicted octanol–water partition coefficient (Wildman–Crippen LogP) is 5.34. The summed E-state index contributed by atoms with van der Waals surface area (Å²) < 4.78 is 77.9. The molecule has 1 aliphatic heterocycles. The molecule has 1 atom stereocenters. The van der Waals surface area contributed by atoms with Gasteiger partial charge in [-0.2, -0.15) is 26.6 Å². The van der Waals surface area contributed by atoms with E-state index in [2.05, 4.69) is 20.1 Å². The molecule has 0 aliphatic carbocycles. The number of fused-ring (bicyclic) bond motifs is 1. The minimum absolute atomic E-state index is 0.118. The normalized spacial score (nSPS) is 17.3. The zero-order chi connectivity index (χ0) is 25.0. The lowest BCUT2D eigenvalue weighted by Gasteiger charge is -2.30. The standard InChI is InChI=1S/C23H19F5N6O/c1-13-11-33(12-29-13)18-8-7-17(30-21(18)35-2)19-31-20-15(9-10-22(24,25)34(20)32-19)14-5-3-4-6-16(14)23(26,27)28/h3-8,11-12,15H,9-10H2,1-2H3/t15-/m1/s1. The average Bonchev–Trinajstić information content (AvgIpc) is 3.46. The molecule has 0 saturated carbocycles. The number of aryl methyl sites for hydroxylation is 1. The fourth-order valence-electron chi connectivity index (χ4n) is 4.26. The zero-order valence-corrected chi connectivity index (χ0v) is 18.6. The van der Waals surface area contributed by atoms with Crippen LogP contribution in [-0.2, 0) is 12.2 Å². The highest BCUT2D eigenvalue weighted by atomic mass is 19.4. The number of ether oxygens (including phenoxy) is 1. The van der Waals surface area contributed by atoms with E-state index in [4.69, 9.17) is 4.74 Å². The molecule has 0 unspecified atom stereocenters. The number of nitrogens with zero attached hydrogens (tertiary/aromatic N) is 6. The van der Waals surface area contributed by atoms with Gasteiger partial charge >= 0.3 is 12.2 Å². The van der Waals surface area contributed by atoms with Gasteiger partial charge in [0.05, 0.1) is 24.7 Å². The lowest BCUT2D eigenvalue weighted by Crippen LogP contribution is -2.33. The van der Waals surface area contributed by atoms with Crippen molar-refractivity contribution in [1.82, 2.24) is 29.3 Å². The van der Waals surface area contributed by atoms with Crippen LogP contribution < -0.4 is 4.74 Å². The molecule has 0 amide bonds. The Bertz CT molecular complexity index is 1390. The molecule has 7 nitrogen and oxygen atoms in total. The van der Waals surface area contributed by atoms with Gasteiger partial charge in [0, 0.05) is 18.5 Å². The summed E-state index contributed by atoms with van der Waals surface area (Å²) in [6.45, 7) is 1.82. The van der Waals surface area contributed by atoms with Crippen LogP contribution in [0.5, 0.6) is 5.88 Å². The summed E-state index contributed by atoms with van der Waals surface area (Å²) in [5.74, 6) is -1.21. The third-order valence-corrected chi connectivity index (χ3v) is 5.88. The smallest absolute Gasteiger partial charge is 0.416 e. The number of hydrogen-bond acceptors (Lipinski definition) is 5. The maximum atomic E-state index is 14.8. The molecule has 0 radical (unpaired) electrons. The summed E-state index contributed by atoms with van der Waals surface area (Å²) >= 11 is 0. The van der Waals surface area contributed by atoms with Gasteiger partial charge in [-0.25, -0.2) is 15.0 Å². The number of alkyl halides is 5. The summed E-state index contributed by atoms with van der Waals surface area (Å²) in [5, 5.41) is 3.96. The molecule has 1 aliphatic rings. The maximum Gasteiger partial charge on any atom is 0.416 e. The number of rotatable bonds is 4. The highest BCUT2D eigenvalue weighted by Gasteiger charge is 2.45. The van der Waals surface area contributed by atoms with Crippen LogP contribution in [-0.4, -0.2) is 36.4 Å². The molecule has 3 aromatic heterocycles. The number of methoxy groups -OCH3 is 1. The van der Waals surface area contributed by atoms with E-state index in [-0.39, 0.29) is 35.2 Å². The first-order valence-electron chi connectivity index (χ1n) is 10.7. The van der Waals surface area contributed by atoms with Crippen molar-refractivity contribution in [3.05, 3.63) is 71.6 Å². The van der Waals surface area contributed by atoms with Crippen molar-refractivity contribution in [2.45, 2.75) is 37.9 Å². The molecule has 5 rings (SSSR count). The fourth-order valence-corrected chi connectivity index (χ4v) is 4.26. The molecule has 12 heteroatoms. The SMILES string of the molecule is COc1nc(-c2nc3n(n2)C(F)(F)CC[C@@H]3c2ccccc2C(F)(F)F)ccc1-n1cnc(C)c1. The molecule has 0 N–H and O–H groups in total. The van der Waals surface area contributed by atoms with Gasteiger partial charge in [-0.3, -0.25) is 0 Å². The lowest BCUT2D eigenvalue weighted by atomic mass is 9.87. The van der Waals surface area contributed by atoms with E-state index in [0.29, 0.717) is 10.4 Å². The molecule has 4 heterocycles. The topological polar surface area (TPSA) is 70.7 Å². The first kappa shape index (κ1) is 22.9. The highest BCUT2D eigenvalue weighted by molar-refractivity contribution is 5.56. The molecular weight excluding hydrogens is 471 g/mol. The molecule has 0 bridgehead atoms. The van der Waals surface area contributed by atoms with Gasteiger partial charge in [-0.15, -0.1) is 5.10 Å². The first-order chi connectivity index (χ1) is 16.6. The van der Waals surface area contributed by atoms with Crippen molar-refractivity contribution in [2.24, 2.45) is 0 Å². The molecule has 182 valence electrons. The fraction of sp³-hybridized carbons (Fsp3) is 0.304. The summed E-state index contributed by atoms with van der Waals surface area (Å²) in [6.07, 6.45) is -2.19. The molecular formula is C23H19F5N6O. The van der Waals surface area contributed by atoms with Crippen LogP contribution in [0.3, 0.4) is 0 Å². The van der Waals surface area contributed by atoms with Crippen LogP contribution in [0.4, 0.5) is 22.0 Å². The van der Waals surface area contributed by atoms with E-state index < -0.39 is 30.1 Å². The summed E-state index contributed by atoms with van der Waals surface area (Å²) in [5.41, 5.74) is 0.469. The van der Waals surface area contributed by atoms with Gasteiger partial charge in [0.15, 0.2) is 5.82 Å². The Morgan fingerprint density at radius 3 is 2.54 bits per heavy atom. The Kier molecular flexibility index (Phi) is 5.33. The Morgan fingerprint density at radius 1 is 1.09 bits per heavy atom. The second-order valence-electron chi connectivity index (χ2n) is 8.19. The van der Waals surface area contributed by atoms with Crippen LogP contribution in [0.25, 0.3) is 17.2 Å². The average molecular weight is 490 g/mol. The Hall–Kier alpha value is -3.83. The van der Waals surface area contributed by atoms with Gasteiger partial charge in [-0.1, -0.05) is 18.2 Å². The number of pyridine rings is 1. The van der Waals surface area contributed by atoms with E-state index in [0.717, 1.165) is 11.8 Å². The molecule has 0 fully saturated rings. The van der Waals surface area contributed by atoms with Crippen LogP contribution >= 0.6 is 0 Å². The largest absolute Gasteiger partial charge is 0.479 e. The molecule has 0 spiro atoms. The number of benzene rings is 1. The molecule has 0 saturated heterocycles. The first-order valence-corrected chi connectivity index (χ1v) is 10.7. The summed E-state index contributed by atoms with van der Waals surface area (Å²) in [4.78, 5) is 12.8. The van der Waals surface area contributed by atoms with Crippen LogP contribution in [0.2, 0.25) is 0 Å². The lowest BCUT2D eigenvalue weighted by molar-refractivity contribution is -0.138. The molecule has 4 aromatic rings. The molecule has 1 aromatic carbocycles. The number of aromatic nitrogens is 6. The minimum atomic E-state index is -4.64. The van der Waals surface area contributed by atoms with Crippen molar-refractivity contribution in [2.75, 3.05) is 7.11 Å². The van der Waals surface area contributed by atoms with Crippen molar-refractivity contribution < 1.29 is 26.7 Å². The van der Waals surface area contributed by atoms with Crippen molar-refractivity contribution in [3.8, 4) is 23.1 Å². The Labute approximate surface area is 196 Å². The second kappa shape index (κ2) is 8.14. The van der Waals surface area contributed by atoms with E-state index in [1.165, 1.54) is 31.4 Å². The quantitative estimate of drug-likeness (QED) is 0.362. The zero-order valence-electron chi connectivity index (χ0n) is 18.6. The van der Waals surface area contributed by atoms with E-state index in [1.807, 2.05) is 6.92 Å². The van der Waals surface area contributed by atoms with Gasteiger partial charge in [0.25, 0.3) is 0 Å². The maximum absolute atomic E-state index is 14.8. The van der Waals surface area contributed by atoms with Gasteiger partial charge in [0.2, 0.25) is 5.88 Å². The van der Waals surface area contributed by atoms with Crippen LogP contribution in [0, 0.1) is 6.92 Å². The number of halogens is 5. The Balaban J connectivity index is 1.61. The third kappa shape index (κ3) is 4.02. The van der Waals surface area contributed by atoms with Gasteiger partial charge in [-0.05, 0) is 37.1 Å². The van der Waals surface area contributed by atoms with E-state index >= 15 is 0 Å². The minimum Gasteiger partial charge on any atom is -0.479 e. The van der Waals surface area contributed by atoms with E-state index in [9.17, 15) is 22.0 Å². The third-order valence-electron chi connectivity index (χ3n) is 5.88. The molecule has 35 heavy (non-hydrogen) atoms. The van der Waals surface area contributed by atoms with Gasteiger partial charge < -0.3 is 9.30 Å². The predicted molar refractivity (Wildman–Crippen MR) is 114 cm³/mol. The van der Waals surface area contributed by atoms with Crippen molar-refractivity contribution in [3.63, 3.8) is 0 Å². The highest BCUT2D eigenvalue weighted by Crippen LogP contribution is 2.45. The Morgan fingerprint density at radius 2 is 1.86 bits per heavy atom. The van der Waals surface area contributed by atoms with Crippen LogP contribution in [0.1, 0.15) is 41.4 Å². The van der Waals surface area contributed by atoms with E-state index in [1.54, 1.807) is 23.2 Å². The summed E-state index contributed by atoms with van der Waals surface area (Å²) in [7, 11) is 1.41. The van der Waals surface area contributed by atoms with Crippen molar-refractivity contribution >= 4 is 0 Å².